The van der Waals surface area contributed by atoms with Crippen LogP contribution in [0, 0.1) is 0 Å². The van der Waals surface area contributed by atoms with Crippen LogP contribution in [0.3, 0.4) is 0 Å². The van der Waals surface area contributed by atoms with Gasteiger partial charge in [-0.1, -0.05) is 73.5 Å². The molecule has 0 aliphatic heterocycles. The van der Waals surface area contributed by atoms with Crippen LogP contribution < -0.4 is 5.73 Å². The van der Waals surface area contributed by atoms with Gasteiger partial charge in [0, 0.05) is 5.57 Å². The highest BCUT2D eigenvalue weighted by Gasteiger charge is 2.16. The molecule has 2 N–H and O–H groups in total. The number of benzene rings is 1. The average molecular weight is 341 g/mol. The van der Waals surface area contributed by atoms with Gasteiger partial charge >= 0.3 is 0 Å². The normalized spacial score (nSPS) is 13.5. The van der Waals surface area contributed by atoms with Gasteiger partial charge in [0.1, 0.15) is 5.76 Å². The van der Waals surface area contributed by atoms with Gasteiger partial charge in [-0.25, -0.2) is 0 Å². The molecule has 4 heteroatoms. The van der Waals surface area contributed by atoms with E-state index >= 15 is 0 Å². The van der Waals surface area contributed by atoms with Crippen LogP contribution in [0.25, 0.3) is 5.57 Å². The van der Waals surface area contributed by atoms with Crippen LogP contribution in [0.1, 0.15) is 19.4 Å². The second kappa shape index (κ2) is 9.63. The third kappa shape index (κ3) is 5.63. The molecule has 1 aromatic rings. The standard InChI is InChI=1S/C20H23NO2S/c1-6-11-17(7-2)19(14(3)18-12-9-8-10-13-18)23-16(5)24-15(4)20(21)22/h6-13,15H,1-2,5H2,3-4H3,(H2,21,22)/b17-11+,19-14+. The van der Waals surface area contributed by atoms with Crippen molar-refractivity contribution >= 4 is 23.2 Å². The Morgan fingerprint density at radius 3 is 2.42 bits per heavy atom. The van der Waals surface area contributed by atoms with Crippen LogP contribution in [0.2, 0.25) is 0 Å². The van der Waals surface area contributed by atoms with Crippen molar-refractivity contribution in [1.29, 1.82) is 0 Å². The van der Waals surface area contributed by atoms with Crippen LogP contribution >= 0.6 is 11.8 Å². The van der Waals surface area contributed by atoms with E-state index in [9.17, 15) is 4.79 Å². The summed E-state index contributed by atoms with van der Waals surface area (Å²) in [6.45, 7) is 15.1. The molecule has 0 aliphatic carbocycles. The van der Waals surface area contributed by atoms with Gasteiger partial charge in [0.15, 0.2) is 5.09 Å². The number of rotatable bonds is 9. The minimum atomic E-state index is -0.425. The van der Waals surface area contributed by atoms with Gasteiger partial charge in [-0.15, -0.1) is 0 Å². The number of carbonyl (C=O) groups is 1. The van der Waals surface area contributed by atoms with Crippen molar-refractivity contribution in [2.45, 2.75) is 19.1 Å². The molecule has 0 saturated heterocycles. The van der Waals surface area contributed by atoms with E-state index in [2.05, 4.69) is 19.7 Å². The first-order chi connectivity index (χ1) is 11.4. The predicted molar refractivity (Wildman–Crippen MR) is 104 cm³/mol. The van der Waals surface area contributed by atoms with Crippen molar-refractivity contribution in [3.63, 3.8) is 0 Å². The summed E-state index contributed by atoms with van der Waals surface area (Å²) < 4.78 is 5.95. The van der Waals surface area contributed by atoms with E-state index in [4.69, 9.17) is 10.5 Å². The highest BCUT2D eigenvalue weighted by atomic mass is 32.2. The van der Waals surface area contributed by atoms with Gasteiger partial charge in [0.25, 0.3) is 0 Å². The molecule has 0 radical (unpaired) electrons. The lowest BCUT2D eigenvalue weighted by Crippen LogP contribution is -2.22. The predicted octanol–water partition coefficient (Wildman–Crippen LogP) is 4.81. The van der Waals surface area contributed by atoms with Gasteiger partial charge in [0.2, 0.25) is 5.91 Å². The van der Waals surface area contributed by atoms with Gasteiger partial charge in [-0.2, -0.15) is 0 Å². The summed E-state index contributed by atoms with van der Waals surface area (Å²) in [6, 6.07) is 9.86. The molecule has 0 aliphatic rings. The highest BCUT2D eigenvalue weighted by Crippen LogP contribution is 2.31. The summed E-state index contributed by atoms with van der Waals surface area (Å²) in [5.41, 5.74) is 8.01. The van der Waals surface area contributed by atoms with Gasteiger partial charge in [-0.3, -0.25) is 4.79 Å². The van der Waals surface area contributed by atoms with E-state index < -0.39 is 11.2 Å². The molecule has 0 spiro atoms. The van der Waals surface area contributed by atoms with Crippen molar-refractivity contribution < 1.29 is 9.53 Å². The number of allylic oxidation sites excluding steroid dienone is 4. The monoisotopic (exact) mass is 341 g/mol. The molecular formula is C20H23NO2S. The summed E-state index contributed by atoms with van der Waals surface area (Å²) in [4.78, 5) is 11.2. The molecule has 126 valence electrons. The minimum absolute atomic E-state index is 0.392. The number of thioether (sulfide) groups is 1. The maximum Gasteiger partial charge on any atom is 0.230 e. The number of hydrogen-bond donors (Lipinski definition) is 1. The smallest absolute Gasteiger partial charge is 0.230 e. The Morgan fingerprint density at radius 1 is 1.29 bits per heavy atom. The number of ether oxygens (including phenoxy) is 1. The number of primary amides is 1. The van der Waals surface area contributed by atoms with Gasteiger partial charge in [0.05, 0.1) is 5.25 Å². The second-order valence-electron chi connectivity index (χ2n) is 5.02. The Labute approximate surface area is 148 Å². The van der Waals surface area contributed by atoms with Crippen LogP contribution in [0.4, 0.5) is 0 Å². The molecule has 1 aromatic carbocycles. The minimum Gasteiger partial charge on any atom is -0.450 e. The molecule has 0 heterocycles. The Hall–Kier alpha value is -2.46. The summed E-state index contributed by atoms with van der Waals surface area (Å²) in [7, 11) is 0. The zero-order valence-corrected chi connectivity index (χ0v) is 14.9. The van der Waals surface area contributed by atoms with E-state index in [0.717, 1.165) is 16.7 Å². The summed E-state index contributed by atoms with van der Waals surface area (Å²) in [5.74, 6) is 0.200. The highest BCUT2D eigenvalue weighted by molar-refractivity contribution is 8.04. The Morgan fingerprint density at radius 2 is 1.92 bits per heavy atom. The molecule has 3 nitrogen and oxygen atoms in total. The lowest BCUT2D eigenvalue weighted by atomic mass is 10.0. The van der Waals surface area contributed by atoms with Gasteiger partial charge < -0.3 is 10.5 Å². The lowest BCUT2D eigenvalue weighted by Gasteiger charge is -2.17. The fourth-order valence-corrected chi connectivity index (χ4v) is 2.57. The molecule has 1 atom stereocenters. The largest absolute Gasteiger partial charge is 0.450 e. The van der Waals surface area contributed by atoms with Crippen LogP contribution in [0.15, 0.2) is 84.7 Å². The quantitative estimate of drug-likeness (QED) is 0.518. The van der Waals surface area contributed by atoms with Crippen molar-refractivity contribution in [3.8, 4) is 0 Å². The zero-order chi connectivity index (χ0) is 18.1. The zero-order valence-electron chi connectivity index (χ0n) is 14.1. The van der Waals surface area contributed by atoms with Crippen molar-refractivity contribution in [3.05, 3.63) is 90.3 Å². The summed E-state index contributed by atoms with van der Waals surface area (Å²) in [6.07, 6.45) is 5.17. The van der Waals surface area contributed by atoms with E-state index in [1.807, 2.05) is 43.3 Å². The van der Waals surface area contributed by atoms with E-state index in [1.165, 1.54) is 11.8 Å². The average Bonchev–Trinajstić information content (AvgIpc) is 2.57. The first-order valence-corrected chi connectivity index (χ1v) is 8.33. The number of hydrogen-bond acceptors (Lipinski definition) is 3. The maximum absolute atomic E-state index is 11.2. The second-order valence-corrected chi connectivity index (χ2v) is 6.42. The lowest BCUT2D eigenvalue weighted by molar-refractivity contribution is -0.117. The van der Waals surface area contributed by atoms with E-state index in [0.29, 0.717) is 10.9 Å². The first kappa shape index (κ1) is 19.6. The fourth-order valence-electron chi connectivity index (χ4n) is 1.93. The maximum atomic E-state index is 11.2. The van der Waals surface area contributed by atoms with Gasteiger partial charge in [-0.05, 0) is 31.6 Å². The Bertz CT molecular complexity index is 687. The van der Waals surface area contributed by atoms with E-state index in [1.54, 1.807) is 19.1 Å². The number of nitrogens with two attached hydrogens (primary N) is 1. The number of carbonyl (C=O) groups excluding carboxylic acids is 1. The molecule has 0 bridgehead atoms. The molecule has 1 amide bonds. The topological polar surface area (TPSA) is 52.3 Å². The molecule has 0 saturated carbocycles. The van der Waals surface area contributed by atoms with Crippen LogP contribution in [-0.2, 0) is 9.53 Å². The van der Waals surface area contributed by atoms with E-state index in [-0.39, 0.29) is 0 Å². The molecular weight excluding hydrogens is 318 g/mol. The first-order valence-electron chi connectivity index (χ1n) is 7.45. The summed E-state index contributed by atoms with van der Waals surface area (Å²) >= 11 is 1.18. The molecule has 0 fully saturated rings. The third-order valence-electron chi connectivity index (χ3n) is 3.25. The van der Waals surface area contributed by atoms with Crippen LogP contribution in [0.5, 0.6) is 0 Å². The van der Waals surface area contributed by atoms with Crippen molar-refractivity contribution in [2.24, 2.45) is 5.73 Å². The fraction of sp³-hybridized carbons (Fsp3) is 0.150. The Kier molecular flexibility index (Phi) is 7.86. The molecule has 0 aromatic heterocycles. The molecule has 1 unspecified atom stereocenters. The number of amides is 1. The van der Waals surface area contributed by atoms with Crippen molar-refractivity contribution in [1.82, 2.24) is 0 Å². The van der Waals surface area contributed by atoms with Crippen molar-refractivity contribution in [2.75, 3.05) is 0 Å². The molecule has 24 heavy (non-hydrogen) atoms. The molecule has 1 rings (SSSR count). The SMILES string of the molecule is C=C/C=C(C=C)/C(OC(=C)SC(C)C(N)=O)=C(/C)c1ccccc1. The Balaban J connectivity index is 3.23. The third-order valence-corrected chi connectivity index (χ3v) is 4.18. The van der Waals surface area contributed by atoms with Crippen LogP contribution in [-0.4, -0.2) is 11.2 Å². The summed E-state index contributed by atoms with van der Waals surface area (Å²) in [5, 5.41) is -0.0326.